The third-order valence-corrected chi connectivity index (χ3v) is 5.51. The van der Waals surface area contributed by atoms with Crippen LogP contribution < -0.4 is 0 Å². The highest BCUT2D eigenvalue weighted by atomic mass is 32.2. The van der Waals surface area contributed by atoms with Crippen molar-refractivity contribution < 1.29 is 17.2 Å². The van der Waals surface area contributed by atoms with Crippen molar-refractivity contribution in [3.8, 4) is 0 Å². The summed E-state index contributed by atoms with van der Waals surface area (Å²) in [4.78, 5) is 2.65. The summed E-state index contributed by atoms with van der Waals surface area (Å²) >= 11 is 0. The average Bonchev–Trinajstić information content (AvgIpc) is 3.08. The van der Waals surface area contributed by atoms with Gasteiger partial charge in [-0.2, -0.15) is 4.31 Å². The Labute approximate surface area is 121 Å². The summed E-state index contributed by atoms with van der Waals surface area (Å²) in [6, 6.07) is 5.64. The summed E-state index contributed by atoms with van der Waals surface area (Å²) in [5.74, 6) is -1.80. The molecule has 0 unspecified atom stereocenters. The minimum Gasteiger partial charge on any atom is -0.364 e. The van der Waals surface area contributed by atoms with Crippen LogP contribution in [0.3, 0.4) is 0 Å². The van der Waals surface area contributed by atoms with E-state index in [9.17, 15) is 17.2 Å². The van der Waals surface area contributed by atoms with E-state index in [0.29, 0.717) is 25.5 Å². The van der Waals surface area contributed by atoms with Gasteiger partial charge in [0.15, 0.2) is 0 Å². The summed E-state index contributed by atoms with van der Waals surface area (Å²) in [6.45, 7) is 0.337. The molecule has 1 fully saturated rings. The summed E-state index contributed by atoms with van der Waals surface area (Å²) in [7, 11) is -3.93. The lowest BCUT2D eigenvalue weighted by Gasteiger charge is -2.23. The zero-order chi connectivity index (χ0) is 15.0. The molecule has 0 aliphatic carbocycles. The van der Waals surface area contributed by atoms with E-state index in [0.717, 1.165) is 17.8 Å². The van der Waals surface area contributed by atoms with Crippen LogP contribution in [-0.2, 0) is 10.0 Å². The first-order chi connectivity index (χ1) is 9.98. The smallest absolute Gasteiger partial charge is 0.243 e. The lowest BCUT2D eigenvalue weighted by Crippen LogP contribution is -2.31. The summed E-state index contributed by atoms with van der Waals surface area (Å²) in [5, 5.41) is 0. The van der Waals surface area contributed by atoms with Gasteiger partial charge in [-0.25, -0.2) is 17.2 Å². The molecule has 0 radical (unpaired) electrons. The van der Waals surface area contributed by atoms with Crippen molar-refractivity contribution in [1.29, 1.82) is 0 Å². The van der Waals surface area contributed by atoms with E-state index in [-0.39, 0.29) is 10.9 Å². The molecule has 1 saturated heterocycles. The Hall–Kier alpha value is -1.73. The van der Waals surface area contributed by atoms with E-state index in [1.807, 2.05) is 6.07 Å². The van der Waals surface area contributed by atoms with Gasteiger partial charge >= 0.3 is 0 Å². The SMILES string of the molecule is O=S(=O)(c1cc(F)cc(F)c1)N1CCC[C@H]1c1ccc[nH]1. The van der Waals surface area contributed by atoms with Gasteiger partial charge in [0.05, 0.1) is 10.9 Å². The maximum Gasteiger partial charge on any atom is 0.243 e. The van der Waals surface area contributed by atoms with Crippen molar-refractivity contribution in [2.45, 2.75) is 23.8 Å². The molecule has 1 aromatic heterocycles. The highest BCUT2D eigenvalue weighted by Gasteiger charge is 2.37. The molecule has 1 aliphatic heterocycles. The van der Waals surface area contributed by atoms with Crippen LogP contribution in [0.15, 0.2) is 41.4 Å². The number of sulfonamides is 1. The number of nitrogens with one attached hydrogen (secondary N) is 1. The molecule has 7 heteroatoms. The van der Waals surface area contributed by atoms with Crippen LogP contribution in [0.25, 0.3) is 0 Å². The normalized spacial score (nSPS) is 20.0. The molecule has 0 spiro atoms. The molecule has 21 heavy (non-hydrogen) atoms. The molecule has 0 amide bonds. The van der Waals surface area contributed by atoms with Gasteiger partial charge in [0.2, 0.25) is 10.0 Å². The highest BCUT2D eigenvalue weighted by molar-refractivity contribution is 7.89. The van der Waals surface area contributed by atoms with Gasteiger partial charge in [-0.1, -0.05) is 0 Å². The maximum absolute atomic E-state index is 13.3. The van der Waals surface area contributed by atoms with E-state index in [1.54, 1.807) is 12.3 Å². The minimum absolute atomic E-state index is 0.323. The standard InChI is InChI=1S/C14H14F2N2O2S/c15-10-7-11(16)9-12(8-10)21(19,20)18-6-2-4-14(18)13-3-1-5-17-13/h1,3,5,7-9,14,17H,2,4,6H2/t14-/m0/s1. The molecular formula is C14H14F2N2O2S. The molecule has 0 saturated carbocycles. The fourth-order valence-electron chi connectivity index (χ4n) is 2.70. The molecule has 2 heterocycles. The first kappa shape index (κ1) is 14.2. The summed E-state index contributed by atoms with van der Waals surface area (Å²) in [6.07, 6.45) is 3.11. The zero-order valence-electron chi connectivity index (χ0n) is 11.1. The van der Waals surface area contributed by atoms with Gasteiger partial charge in [0.25, 0.3) is 0 Å². The number of hydrogen-bond donors (Lipinski definition) is 1. The van der Waals surface area contributed by atoms with E-state index in [2.05, 4.69) is 4.98 Å². The van der Waals surface area contributed by atoms with Gasteiger partial charge < -0.3 is 4.98 Å². The Morgan fingerprint density at radius 2 is 1.90 bits per heavy atom. The quantitative estimate of drug-likeness (QED) is 0.947. The number of aromatic amines is 1. The molecule has 112 valence electrons. The summed E-state index contributed by atoms with van der Waals surface area (Å²) in [5.41, 5.74) is 0.785. The number of nitrogens with zero attached hydrogens (tertiary/aromatic N) is 1. The average molecular weight is 312 g/mol. The van der Waals surface area contributed by atoms with Gasteiger partial charge in [-0.3, -0.25) is 0 Å². The third kappa shape index (κ3) is 2.58. The van der Waals surface area contributed by atoms with Gasteiger partial charge in [0.1, 0.15) is 11.6 Å². The first-order valence-corrected chi connectivity index (χ1v) is 8.04. The van der Waals surface area contributed by atoms with Gasteiger partial charge in [0, 0.05) is 24.5 Å². The highest BCUT2D eigenvalue weighted by Crippen LogP contribution is 2.35. The van der Waals surface area contributed by atoms with Crippen LogP contribution in [0.2, 0.25) is 0 Å². The van der Waals surface area contributed by atoms with Crippen LogP contribution in [0.4, 0.5) is 8.78 Å². The zero-order valence-corrected chi connectivity index (χ0v) is 11.9. The van der Waals surface area contributed by atoms with Crippen molar-refractivity contribution in [1.82, 2.24) is 9.29 Å². The number of halogens is 2. The predicted octanol–water partition coefficient (Wildman–Crippen LogP) is 2.82. The molecule has 2 aromatic rings. The molecule has 1 atom stereocenters. The van der Waals surface area contributed by atoms with Crippen LogP contribution in [-0.4, -0.2) is 24.3 Å². The molecule has 1 N–H and O–H groups in total. The molecular weight excluding hydrogens is 298 g/mol. The second-order valence-electron chi connectivity index (χ2n) is 5.00. The second kappa shape index (κ2) is 5.23. The van der Waals surface area contributed by atoms with Gasteiger partial charge in [-0.15, -0.1) is 0 Å². The van der Waals surface area contributed by atoms with E-state index in [1.165, 1.54) is 4.31 Å². The van der Waals surface area contributed by atoms with Crippen molar-refractivity contribution in [3.63, 3.8) is 0 Å². The van der Waals surface area contributed by atoms with Crippen LogP contribution in [0.5, 0.6) is 0 Å². The summed E-state index contributed by atoms with van der Waals surface area (Å²) < 4.78 is 53.1. The molecule has 1 aromatic carbocycles. The Morgan fingerprint density at radius 1 is 1.19 bits per heavy atom. The largest absolute Gasteiger partial charge is 0.364 e. The monoisotopic (exact) mass is 312 g/mol. The van der Waals surface area contributed by atoms with E-state index < -0.39 is 21.7 Å². The van der Waals surface area contributed by atoms with Gasteiger partial charge in [-0.05, 0) is 37.1 Å². The van der Waals surface area contributed by atoms with Crippen molar-refractivity contribution in [2.75, 3.05) is 6.54 Å². The predicted molar refractivity (Wildman–Crippen MR) is 73.0 cm³/mol. The fourth-order valence-corrected chi connectivity index (χ4v) is 4.42. The van der Waals surface area contributed by atoms with Crippen molar-refractivity contribution in [3.05, 3.63) is 53.9 Å². The van der Waals surface area contributed by atoms with E-state index >= 15 is 0 Å². The topological polar surface area (TPSA) is 53.2 Å². The van der Waals surface area contributed by atoms with Crippen LogP contribution in [0, 0.1) is 11.6 Å². The Bertz CT molecular complexity index is 724. The Kier molecular flexibility index (Phi) is 3.54. The number of benzene rings is 1. The number of aromatic nitrogens is 1. The van der Waals surface area contributed by atoms with Crippen LogP contribution >= 0.6 is 0 Å². The van der Waals surface area contributed by atoms with Crippen molar-refractivity contribution in [2.24, 2.45) is 0 Å². The Morgan fingerprint density at radius 3 is 2.52 bits per heavy atom. The lowest BCUT2D eigenvalue weighted by atomic mass is 10.2. The Balaban J connectivity index is 2.01. The molecule has 4 nitrogen and oxygen atoms in total. The fraction of sp³-hybridized carbons (Fsp3) is 0.286. The second-order valence-corrected chi connectivity index (χ2v) is 6.89. The first-order valence-electron chi connectivity index (χ1n) is 6.60. The lowest BCUT2D eigenvalue weighted by molar-refractivity contribution is 0.390. The maximum atomic E-state index is 13.3. The van der Waals surface area contributed by atoms with Crippen molar-refractivity contribution >= 4 is 10.0 Å². The third-order valence-electron chi connectivity index (χ3n) is 3.63. The van der Waals surface area contributed by atoms with Crippen LogP contribution in [0.1, 0.15) is 24.6 Å². The molecule has 3 rings (SSSR count). The molecule has 0 bridgehead atoms. The number of rotatable bonds is 3. The number of H-pyrrole nitrogens is 1. The minimum atomic E-state index is -3.93. The van der Waals surface area contributed by atoms with E-state index in [4.69, 9.17) is 0 Å². The number of hydrogen-bond acceptors (Lipinski definition) is 2. The molecule has 1 aliphatic rings.